The molecule has 5 heteroatoms. The maximum Gasteiger partial charge on any atom is 0.309 e. The van der Waals surface area contributed by atoms with Crippen molar-refractivity contribution in [1.82, 2.24) is 0 Å². The molecule has 0 aliphatic heterocycles. The van der Waals surface area contributed by atoms with E-state index in [9.17, 15) is 4.79 Å². The van der Waals surface area contributed by atoms with E-state index >= 15 is 0 Å². The van der Waals surface area contributed by atoms with Gasteiger partial charge in [0.05, 0.1) is 24.6 Å². The van der Waals surface area contributed by atoms with E-state index in [4.69, 9.17) is 4.74 Å². The molecular formula is C12H14Br2O3. The number of methoxy groups -OCH3 is 1. The van der Waals surface area contributed by atoms with Crippen molar-refractivity contribution >= 4 is 37.8 Å². The van der Waals surface area contributed by atoms with Gasteiger partial charge in [-0.05, 0) is 40.0 Å². The van der Waals surface area contributed by atoms with Gasteiger partial charge in [-0.15, -0.1) is 0 Å². The van der Waals surface area contributed by atoms with Crippen LogP contribution in [0.2, 0.25) is 0 Å². The number of hydrogen-bond donors (Lipinski definition) is 0. The Balaban J connectivity index is 2.62. The Morgan fingerprint density at radius 1 is 1.41 bits per heavy atom. The summed E-state index contributed by atoms with van der Waals surface area (Å²) in [6.45, 7) is 0.667. The van der Waals surface area contributed by atoms with Gasteiger partial charge in [-0.2, -0.15) is 0 Å². The zero-order valence-electron chi connectivity index (χ0n) is 9.54. The minimum absolute atomic E-state index is 0.246. The first-order valence-corrected chi connectivity index (χ1v) is 7.13. The zero-order chi connectivity index (χ0) is 12.7. The van der Waals surface area contributed by atoms with Crippen LogP contribution in [0.15, 0.2) is 22.7 Å². The average Bonchev–Trinajstić information content (AvgIpc) is 2.32. The zero-order valence-corrected chi connectivity index (χ0v) is 12.7. The van der Waals surface area contributed by atoms with Gasteiger partial charge in [0.15, 0.2) is 0 Å². The summed E-state index contributed by atoms with van der Waals surface area (Å²) in [5.74, 6) is 0.546. The summed E-state index contributed by atoms with van der Waals surface area (Å²) in [7, 11) is 1.38. The molecule has 0 unspecified atom stereocenters. The molecule has 0 fully saturated rings. The van der Waals surface area contributed by atoms with Gasteiger partial charge in [-0.1, -0.05) is 22.0 Å². The van der Waals surface area contributed by atoms with E-state index in [1.54, 1.807) is 0 Å². The number of alkyl halides is 1. The summed E-state index contributed by atoms with van der Waals surface area (Å²) >= 11 is 6.77. The Hall–Kier alpha value is -0.550. The largest absolute Gasteiger partial charge is 0.492 e. The molecule has 0 spiro atoms. The lowest BCUT2D eigenvalue weighted by Gasteiger charge is -2.08. The number of halogens is 2. The number of hydrogen-bond acceptors (Lipinski definition) is 3. The molecule has 17 heavy (non-hydrogen) atoms. The van der Waals surface area contributed by atoms with Gasteiger partial charge in [0.25, 0.3) is 0 Å². The molecule has 94 valence electrons. The van der Waals surface area contributed by atoms with E-state index in [1.807, 2.05) is 18.2 Å². The monoisotopic (exact) mass is 364 g/mol. The number of rotatable bonds is 6. The summed E-state index contributed by atoms with van der Waals surface area (Å²) < 4.78 is 11.0. The minimum atomic E-state index is -0.246. The summed E-state index contributed by atoms with van der Waals surface area (Å²) in [5.41, 5.74) is 0.900. The van der Waals surface area contributed by atoms with Crippen molar-refractivity contribution in [3.05, 3.63) is 28.2 Å². The predicted molar refractivity (Wildman–Crippen MR) is 73.8 cm³/mol. The summed E-state index contributed by atoms with van der Waals surface area (Å²) in [5, 5.41) is 0.922. The molecule has 0 aliphatic rings. The van der Waals surface area contributed by atoms with Gasteiger partial charge in [-0.25, -0.2) is 0 Å². The molecule has 0 saturated heterocycles. The van der Waals surface area contributed by atoms with Crippen LogP contribution in [0.25, 0.3) is 0 Å². The van der Waals surface area contributed by atoms with Crippen LogP contribution >= 0.6 is 31.9 Å². The fraction of sp³-hybridized carbons (Fsp3) is 0.417. The third-order valence-electron chi connectivity index (χ3n) is 2.11. The molecule has 0 amide bonds. The molecular weight excluding hydrogens is 352 g/mol. The molecule has 0 heterocycles. The third-order valence-corrected chi connectivity index (χ3v) is 3.29. The Morgan fingerprint density at radius 3 is 2.76 bits per heavy atom. The summed E-state index contributed by atoms with van der Waals surface area (Å²) in [6.07, 6.45) is 1.23. The second-order valence-electron chi connectivity index (χ2n) is 3.41. The van der Waals surface area contributed by atoms with Gasteiger partial charge >= 0.3 is 5.97 Å². The lowest BCUT2D eigenvalue weighted by molar-refractivity contribution is -0.139. The van der Waals surface area contributed by atoms with E-state index in [0.717, 1.165) is 27.5 Å². The standard InChI is InChI=1S/C12H14Br2O3/c1-16-12(15)8-9-3-4-11(10(14)7-9)17-6-2-5-13/h3-4,7H,2,5-6,8H2,1H3. The Morgan fingerprint density at radius 2 is 2.18 bits per heavy atom. The average molecular weight is 366 g/mol. The maximum absolute atomic E-state index is 11.1. The second-order valence-corrected chi connectivity index (χ2v) is 5.06. The van der Waals surface area contributed by atoms with E-state index in [2.05, 4.69) is 36.6 Å². The summed E-state index contributed by atoms with van der Waals surface area (Å²) in [4.78, 5) is 11.1. The molecule has 0 aromatic heterocycles. The molecule has 0 radical (unpaired) electrons. The highest BCUT2D eigenvalue weighted by Crippen LogP contribution is 2.26. The molecule has 0 bridgehead atoms. The first-order valence-electron chi connectivity index (χ1n) is 5.21. The third kappa shape index (κ3) is 5.08. The predicted octanol–water partition coefficient (Wildman–Crippen LogP) is 3.33. The van der Waals surface area contributed by atoms with Crippen molar-refractivity contribution in [2.45, 2.75) is 12.8 Å². The normalized spacial score (nSPS) is 10.1. The number of carbonyl (C=O) groups excluding carboxylic acids is 1. The lowest BCUT2D eigenvalue weighted by atomic mass is 10.1. The summed E-state index contributed by atoms with van der Waals surface area (Å²) in [6, 6.07) is 5.60. The highest BCUT2D eigenvalue weighted by atomic mass is 79.9. The quantitative estimate of drug-likeness (QED) is 0.440. The van der Waals surface area contributed by atoms with E-state index in [1.165, 1.54) is 7.11 Å². The Bertz CT molecular complexity index is 380. The van der Waals surface area contributed by atoms with E-state index < -0.39 is 0 Å². The van der Waals surface area contributed by atoms with Crippen LogP contribution in [-0.2, 0) is 16.0 Å². The van der Waals surface area contributed by atoms with E-state index in [-0.39, 0.29) is 12.4 Å². The number of carbonyl (C=O) groups is 1. The molecule has 0 aliphatic carbocycles. The van der Waals surface area contributed by atoms with Gasteiger partial charge < -0.3 is 9.47 Å². The van der Waals surface area contributed by atoms with Crippen LogP contribution in [0.4, 0.5) is 0 Å². The minimum Gasteiger partial charge on any atom is -0.492 e. The van der Waals surface area contributed by atoms with Crippen LogP contribution in [-0.4, -0.2) is 25.0 Å². The van der Waals surface area contributed by atoms with Gasteiger partial charge in [0.1, 0.15) is 5.75 Å². The van der Waals surface area contributed by atoms with Gasteiger partial charge in [-0.3, -0.25) is 4.79 Å². The fourth-order valence-electron chi connectivity index (χ4n) is 1.25. The molecule has 3 nitrogen and oxygen atoms in total. The topological polar surface area (TPSA) is 35.5 Å². The highest BCUT2D eigenvalue weighted by molar-refractivity contribution is 9.10. The SMILES string of the molecule is COC(=O)Cc1ccc(OCCCBr)c(Br)c1. The molecule has 0 N–H and O–H groups in total. The molecule has 1 aromatic rings. The molecule has 1 aromatic carbocycles. The van der Waals surface area contributed by atoms with E-state index in [0.29, 0.717) is 6.61 Å². The van der Waals surface area contributed by atoms with Crippen molar-refractivity contribution in [1.29, 1.82) is 0 Å². The number of esters is 1. The van der Waals surface area contributed by atoms with Crippen molar-refractivity contribution in [2.24, 2.45) is 0 Å². The van der Waals surface area contributed by atoms with Crippen LogP contribution in [0.5, 0.6) is 5.75 Å². The van der Waals surface area contributed by atoms with Crippen LogP contribution in [0.3, 0.4) is 0 Å². The van der Waals surface area contributed by atoms with Crippen LogP contribution in [0, 0.1) is 0 Å². The Kier molecular flexibility index (Phi) is 6.58. The molecule has 0 atom stereocenters. The first kappa shape index (κ1) is 14.5. The van der Waals surface area contributed by atoms with Crippen molar-refractivity contribution in [3.8, 4) is 5.75 Å². The number of ether oxygens (including phenoxy) is 2. The fourth-order valence-corrected chi connectivity index (χ4v) is 2.02. The molecule has 0 saturated carbocycles. The second kappa shape index (κ2) is 7.71. The van der Waals surface area contributed by atoms with Crippen LogP contribution < -0.4 is 4.74 Å². The lowest BCUT2D eigenvalue weighted by Crippen LogP contribution is -2.05. The Labute approximate surface area is 118 Å². The van der Waals surface area contributed by atoms with Crippen molar-refractivity contribution in [2.75, 3.05) is 19.0 Å². The maximum atomic E-state index is 11.1. The highest BCUT2D eigenvalue weighted by Gasteiger charge is 2.06. The van der Waals surface area contributed by atoms with Gasteiger partial charge in [0.2, 0.25) is 0 Å². The van der Waals surface area contributed by atoms with Crippen molar-refractivity contribution in [3.63, 3.8) is 0 Å². The number of benzene rings is 1. The molecule has 1 rings (SSSR count). The van der Waals surface area contributed by atoms with Gasteiger partial charge in [0, 0.05) is 5.33 Å². The van der Waals surface area contributed by atoms with Crippen molar-refractivity contribution < 1.29 is 14.3 Å². The smallest absolute Gasteiger partial charge is 0.309 e. The first-order chi connectivity index (χ1) is 8.17. The van der Waals surface area contributed by atoms with Crippen LogP contribution in [0.1, 0.15) is 12.0 Å².